The van der Waals surface area contributed by atoms with E-state index in [2.05, 4.69) is 11.1 Å². The Hall–Kier alpha value is -1.39. The van der Waals surface area contributed by atoms with Crippen LogP contribution in [0, 0.1) is 0 Å². The summed E-state index contributed by atoms with van der Waals surface area (Å²) in [5.41, 5.74) is 0.542. The predicted molar refractivity (Wildman–Crippen MR) is 76.5 cm³/mol. The molecule has 0 atom stereocenters. The van der Waals surface area contributed by atoms with Crippen molar-refractivity contribution in [3.8, 4) is 0 Å². The maximum atomic E-state index is 12.6. The van der Waals surface area contributed by atoms with Crippen molar-refractivity contribution in [1.82, 2.24) is 9.88 Å². The molecule has 2 heterocycles. The number of carbonyl (C=O) groups is 1. The van der Waals surface area contributed by atoms with Crippen LogP contribution in [0.3, 0.4) is 0 Å². The van der Waals surface area contributed by atoms with E-state index in [1.54, 1.807) is 23.6 Å². The van der Waals surface area contributed by atoms with Gasteiger partial charge < -0.3 is 4.90 Å². The second kappa shape index (κ2) is 5.31. The molecule has 0 unspecified atom stereocenters. The molecule has 1 aliphatic carbocycles. The summed E-state index contributed by atoms with van der Waals surface area (Å²) < 4.78 is 0. The van der Waals surface area contributed by atoms with Crippen LogP contribution in [0.5, 0.6) is 0 Å². The molecule has 1 aliphatic rings. The van der Waals surface area contributed by atoms with Crippen LogP contribution >= 0.6 is 22.9 Å². The number of nitrogens with zero attached hydrogens (tertiary/aromatic N) is 2. The van der Waals surface area contributed by atoms with E-state index in [0.717, 1.165) is 12.8 Å². The number of hydrogen-bond donors (Lipinski definition) is 0. The molecule has 5 heteroatoms. The number of aromatic nitrogens is 1. The third kappa shape index (κ3) is 2.80. The first kappa shape index (κ1) is 12.6. The highest BCUT2D eigenvalue weighted by Gasteiger charge is 2.33. The van der Waals surface area contributed by atoms with E-state index < -0.39 is 0 Å². The number of carbonyl (C=O) groups excluding carboxylic acids is 1. The zero-order valence-corrected chi connectivity index (χ0v) is 11.8. The molecule has 1 fully saturated rings. The molecule has 3 nitrogen and oxygen atoms in total. The monoisotopic (exact) mass is 292 g/mol. The van der Waals surface area contributed by atoms with Gasteiger partial charge in [-0.15, -0.1) is 11.3 Å². The molecule has 0 bridgehead atoms. The third-order valence-electron chi connectivity index (χ3n) is 3.16. The average Bonchev–Trinajstić information content (AvgIpc) is 3.13. The van der Waals surface area contributed by atoms with Gasteiger partial charge in [-0.1, -0.05) is 17.7 Å². The summed E-state index contributed by atoms with van der Waals surface area (Å²) in [6.07, 6.45) is 5.29. The molecule has 3 rings (SSSR count). The predicted octanol–water partition coefficient (Wildman–Crippen LogP) is 3.60. The van der Waals surface area contributed by atoms with Crippen LogP contribution in [-0.4, -0.2) is 21.8 Å². The Balaban J connectivity index is 1.84. The van der Waals surface area contributed by atoms with Crippen molar-refractivity contribution >= 4 is 28.8 Å². The van der Waals surface area contributed by atoms with Crippen molar-refractivity contribution in [3.05, 3.63) is 51.4 Å². The van der Waals surface area contributed by atoms with Gasteiger partial charge in [0.1, 0.15) is 0 Å². The molecule has 0 spiro atoms. The second-order valence-corrected chi connectivity index (χ2v) is 6.04. The Morgan fingerprint density at radius 2 is 2.32 bits per heavy atom. The first-order valence-electron chi connectivity index (χ1n) is 6.18. The maximum absolute atomic E-state index is 12.6. The molecular weight excluding hydrogens is 280 g/mol. The van der Waals surface area contributed by atoms with Crippen LogP contribution in [0.4, 0.5) is 0 Å². The highest BCUT2D eigenvalue weighted by Crippen LogP contribution is 2.31. The summed E-state index contributed by atoms with van der Waals surface area (Å²) in [6, 6.07) is 6.11. The highest BCUT2D eigenvalue weighted by atomic mass is 35.5. The van der Waals surface area contributed by atoms with Crippen LogP contribution in [0.15, 0.2) is 36.0 Å². The molecular formula is C14H13ClN2OS. The Labute approximate surface area is 120 Å². The Morgan fingerprint density at radius 1 is 1.47 bits per heavy atom. The lowest BCUT2D eigenvalue weighted by molar-refractivity contribution is 0.0732. The number of pyridine rings is 1. The van der Waals surface area contributed by atoms with Gasteiger partial charge in [0.2, 0.25) is 0 Å². The number of thiophene rings is 1. The molecule has 0 radical (unpaired) electrons. The lowest BCUT2D eigenvalue weighted by Crippen LogP contribution is -2.32. The molecule has 2 aromatic heterocycles. The fraction of sp³-hybridized carbons (Fsp3) is 0.286. The normalized spacial score (nSPS) is 14.4. The van der Waals surface area contributed by atoms with E-state index in [1.807, 2.05) is 16.3 Å². The topological polar surface area (TPSA) is 33.2 Å². The van der Waals surface area contributed by atoms with Gasteiger partial charge in [0.25, 0.3) is 5.91 Å². The molecule has 2 aromatic rings. The number of rotatable bonds is 4. The summed E-state index contributed by atoms with van der Waals surface area (Å²) in [7, 11) is 0. The minimum absolute atomic E-state index is 0.00306. The van der Waals surface area contributed by atoms with Gasteiger partial charge in [0.15, 0.2) is 0 Å². The molecule has 1 saturated carbocycles. The van der Waals surface area contributed by atoms with Crippen molar-refractivity contribution in [1.29, 1.82) is 0 Å². The average molecular weight is 293 g/mol. The minimum Gasteiger partial charge on any atom is -0.330 e. The van der Waals surface area contributed by atoms with Gasteiger partial charge >= 0.3 is 0 Å². The summed E-state index contributed by atoms with van der Waals surface area (Å²) >= 11 is 7.74. The fourth-order valence-electron chi connectivity index (χ4n) is 2.03. The zero-order chi connectivity index (χ0) is 13.2. The van der Waals surface area contributed by atoms with Crippen LogP contribution in [-0.2, 0) is 6.54 Å². The standard InChI is InChI=1S/C14H13ClN2OS/c15-13-8-16-6-5-12(13)14(18)17(10-3-4-10)9-11-2-1-7-19-11/h1-2,5-8,10H,3-4,9H2. The van der Waals surface area contributed by atoms with Gasteiger partial charge in [-0.05, 0) is 30.4 Å². The SMILES string of the molecule is O=C(c1ccncc1Cl)N(Cc1cccs1)C1CC1. The van der Waals surface area contributed by atoms with Gasteiger partial charge in [0, 0.05) is 23.3 Å². The van der Waals surface area contributed by atoms with Gasteiger partial charge in [0.05, 0.1) is 17.1 Å². The Bertz CT molecular complexity index is 581. The van der Waals surface area contributed by atoms with E-state index in [0.29, 0.717) is 23.2 Å². The van der Waals surface area contributed by atoms with E-state index in [4.69, 9.17) is 11.6 Å². The number of halogens is 1. The summed E-state index contributed by atoms with van der Waals surface area (Å²) in [5, 5.41) is 2.45. The van der Waals surface area contributed by atoms with Gasteiger partial charge in [-0.2, -0.15) is 0 Å². The lowest BCUT2D eigenvalue weighted by atomic mass is 10.2. The van der Waals surface area contributed by atoms with Gasteiger partial charge in [-0.3, -0.25) is 9.78 Å². The highest BCUT2D eigenvalue weighted by molar-refractivity contribution is 7.09. The largest absolute Gasteiger partial charge is 0.330 e. The van der Waals surface area contributed by atoms with Crippen molar-refractivity contribution in [2.45, 2.75) is 25.4 Å². The van der Waals surface area contributed by atoms with E-state index in [1.165, 1.54) is 11.1 Å². The lowest BCUT2D eigenvalue weighted by Gasteiger charge is -2.22. The van der Waals surface area contributed by atoms with Crippen LogP contribution in [0.2, 0.25) is 5.02 Å². The molecule has 0 aromatic carbocycles. The van der Waals surface area contributed by atoms with E-state index in [9.17, 15) is 4.79 Å². The molecule has 0 N–H and O–H groups in total. The van der Waals surface area contributed by atoms with Gasteiger partial charge in [-0.25, -0.2) is 0 Å². The van der Waals surface area contributed by atoms with E-state index in [-0.39, 0.29) is 5.91 Å². The minimum atomic E-state index is 0.00306. The van der Waals surface area contributed by atoms with Crippen molar-refractivity contribution < 1.29 is 4.79 Å². The fourth-order valence-corrected chi connectivity index (χ4v) is 2.93. The van der Waals surface area contributed by atoms with Crippen molar-refractivity contribution in [3.63, 3.8) is 0 Å². The molecule has 98 valence electrons. The molecule has 0 aliphatic heterocycles. The third-order valence-corrected chi connectivity index (χ3v) is 4.32. The van der Waals surface area contributed by atoms with Crippen LogP contribution in [0.1, 0.15) is 28.1 Å². The summed E-state index contributed by atoms with van der Waals surface area (Å²) in [6.45, 7) is 0.666. The maximum Gasteiger partial charge on any atom is 0.256 e. The first-order chi connectivity index (χ1) is 9.25. The van der Waals surface area contributed by atoms with Crippen LogP contribution in [0.25, 0.3) is 0 Å². The number of hydrogen-bond acceptors (Lipinski definition) is 3. The second-order valence-electron chi connectivity index (χ2n) is 4.60. The summed E-state index contributed by atoms with van der Waals surface area (Å²) in [5.74, 6) is 0.00306. The number of amides is 1. The molecule has 19 heavy (non-hydrogen) atoms. The van der Waals surface area contributed by atoms with E-state index >= 15 is 0 Å². The first-order valence-corrected chi connectivity index (χ1v) is 7.44. The summed E-state index contributed by atoms with van der Waals surface area (Å²) in [4.78, 5) is 19.6. The Morgan fingerprint density at radius 3 is 2.95 bits per heavy atom. The van der Waals surface area contributed by atoms with Crippen LogP contribution < -0.4 is 0 Å². The molecule has 0 saturated heterocycles. The zero-order valence-electron chi connectivity index (χ0n) is 10.3. The van der Waals surface area contributed by atoms with Crippen molar-refractivity contribution in [2.75, 3.05) is 0 Å². The van der Waals surface area contributed by atoms with Crippen molar-refractivity contribution in [2.24, 2.45) is 0 Å². The smallest absolute Gasteiger partial charge is 0.256 e. The quantitative estimate of drug-likeness (QED) is 0.862. The molecule has 1 amide bonds. The Kier molecular flexibility index (Phi) is 3.53.